The molecule has 2 fully saturated rings. The molecule has 1 saturated carbocycles. The van der Waals surface area contributed by atoms with E-state index in [-0.39, 0.29) is 17.5 Å². The van der Waals surface area contributed by atoms with Crippen molar-refractivity contribution in [2.45, 2.75) is 64.0 Å². The summed E-state index contributed by atoms with van der Waals surface area (Å²) in [4.78, 5) is 16.1. The zero-order chi connectivity index (χ0) is 19.6. The number of benzene rings is 2. The van der Waals surface area contributed by atoms with Gasteiger partial charge in [-0.05, 0) is 69.3 Å². The van der Waals surface area contributed by atoms with Gasteiger partial charge in [-0.3, -0.25) is 9.69 Å². The minimum absolute atomic E-state index is 0.0285. The van der Waals surface area contributed by atoms with Crippen molar-refractivity contribution in [3.8, 4) is 0 Å². The minimum atomic E-state index is 0.0285. The van der Waals surface area contributed by atoms with Crippen molar-refractivity contribution in [2.24, 2.45) is 0 Å². The summed E-state index contributed by atoms with van der Waals surface area (Å²) in [6.07, 6.45) is 7.37. The van der Waals surface area contributed by atoms with Crippen LogP contribution in [0.25, 0.3) is 0 Å². The lowest BCUT2D eigenvalue weighted by Gasteiger charge is -2.45. The number of amides is 1. The number of carbonyl (C=O) groups excluding carboxylic acids is 1. The Bertz CT molecular complexity index is 797. The van der Waals surface area contributed by atoms with E-state index >= 15 is 0 Å². The van der Waals surface area contributed by atoms with E-state index in [9.17, 15) is 4.79 Å². The van der Waals surface area contributed by atoms with E-state index in [1.165, 1.54) is 44.1 Å². The molecule has 3 heteroatoms. The van der Waals surface area contributed by atoms with E-state index in [0.717, 1.165) is 29.8 Å². The lowest BCUT2D eigenvalue weighted by atomic mass is 9.81. The molecule has 0 spiro atoms. The van der Waals surface area contributed by atoms with Crippen LogP contribution in [0.4, 0.5) is 0 Å². The summed E-state index contributed by atoms with van der Waals surface area (Å²) < 4.78 is 0. The second-order valence-electron chi connectivity index (χ2n) is 8.59. The van der Waals surface area contributed by atoms with Crippen LogP contribution in [-0.4, -0.2) is 29.4 Å². The van der Waals surface area contributed by atoms with E-state index in [4.69, 9.17) is 0 Å². The van der Waals surface area contributed by atoms with Crippen LogP contribution in [-0.2, 0) is 0 Å². The highest BCUT2D eigenvalue weighted by Crippen LogP contribution is 2.46. The number of nitrogens with one attached hydrogen (secondary N) is 1. The third-order valence-corrected chi connectivity index (χ3v) is 6.86. The maximum Gasteiger partial charge on any atom is 0.252 e. The van der Waals surface area contributed by atoms with Crippen LogP contribution < -0.4 is 5.32 Å². The van der Waals surface area contributed by atoms with Gasteiger partial charge in [0.05, 0.1) is 6.04 Å². The zero-order valence-electron chi connectivity index (χ0n) is 17.2. The van der Waals surface area contributed by atoms with Crippen molar-refractivity contribution in [1.82, 2.24) is 10.2 Å². The molecule has 1 amide bonds. The molecule has 3 nitrogen and oxygen atoms in total. The summed E-state index contributed by atoms with van der Waals surface area (Å²) in [7, 11) is 0. The highest BCUT2D eigenvalue weighted by Gasteiger charge is 2.48. The van der Waals surface area contributed by atoms with Gasteiger partial charge in [0.2, 0.25) is 0 Å². The lowest BCUT2D eigenvalue weighted by molar-refractivity contribution is 0.0642. The average Bonchev–Trinajstić information content (AvgIpc) is 3.39. The largest absolute Gasteiger partial charge is 0.343 e. The van der Waals surface area contributed by atoms with Crippen LogP contribution in [0.1, 0.15) is 71.6 Å². The maximum absolute atomic E-state index is 13.5. The SMILES string of the molecule is Cc1cccc(C)c1C(=O)NC(c1ccccc1)C1(N2CCCC2)CCCC1. The van der Waals surface area contributed by atoms with Gasteiger partial charge in [-0.1, -0.05) is 61.4 Å². The van der Waals surface area contributed by atoms with E-state index < -0.39 is 0 Å². The molecule has 1 saturated heterocycles. The van der Waals surface area contributed by atoms with Gasteiger partial charge < -0.3 is 5.32 Å². The van der Waals surface area contributed by atoms with Gasteiger partial charge in [0.1, 0.15) is 0 Å². The summed E-state index contributed by atoms with van der Waals surface area (Å²) in [6.45, 7) is 6.38. The Balaban J connectivity index is 1.73. The fourth-order valence-corrected chi connectivity index (χ4v) is 5.49. The summed E-state index contributed by atoms with van der Waals surface area (Å²) in [6, 6.07) is 16.7. The molecular formula is C25H32N2O. The first kappa shape index (κ1) is 19.2. The molecule has 1 N–H and O–H groups in total. The van der Waals surface area contributed by atoms with E-state index in [1.807, 2.05) is 32.0 Å². The second kappa shape index (κ2) is 8.08. The van der Waals surface area contributed by atoms with Gasteiger partial charge in [0, 0.05) is 11.1 Å². The number of likely N-dealkylation sites (tertiary alicyclic amines) is 1. The summed E-state index contributed by atoms with van der Waals surface area (Å²) in [5, 5.41) is 3.51. The summed E-state index contributed by atoms with van der Waals surface area (Å²) in [5.74, 6) is 0.0647. The molecular weight excluding hydrogens is 344 g/mol. The van der Waals surface area contributed by atoms with Gasteiger partial charge >= 0.3 is 0 Å². The van der Waals surface area contributed by atoms with E-state index in [0.29, 0.717) is 0 Å². The number of carbonyl (C=O) groups is 1. The molecule has 1 heterocycles. The van der Waals surface area contributed by atoms with Crippen LogP contribution in [0.2, 0.25) is 0 Å². The Labute approximate surface area is 169 Å². The molecule has 1 aliphatic heterocycles. The van der Waals surface area contributed by atoms with Gasteiger partial charge in [0.25, 0.3) is 5.91 Å². The Morgan fingerprint density at radius 2 is 1.50 bits per heavy atom. The van der Waals surface area contributed by atoms with E-state index in [2.05, 4.69) is 40.5 Å². The molecule has 2 aromatic rings. The fraction of sp³-hybridized carbons (Fsp3) is 0.480. The lowest BCUT2D eigenvalue weighted by Crippen LogP contribution is -2.55. The monoisotopic (exact) mass is 376 g/mol. The number of aryl methyl sites for hydroxylation is 2. The van der Waals surface area contributed by atoms with Crippen molar-refractivity contribution in [3.63, 3.8) is 0 Å². The van der Waals surface area contributed by atoms with Gasteiger partial charge in [-0.2, -0.15) is 0 Å². The smallest absolute Gasteiger partial charge is 0.252 e. The predicted octanol–water partition coefficient (Wildman–Crippen LogP) is 5.18. The number of rotatable bonds is 5. The Hall–Kier alpha value is -2.13. The number of hydrogen-bond donors (Lipinski definition) is 1. The fourth-order valence-electron chi connectivity index (χ4n) is 5.49. The first-order chi connectivity index (χ1) is 13.6. The third-order valence-electron chi connectivity index (χ3n) is 6.86. The molecule has 1 unspecified atom stereocenters. The maximum atomic E-state index is 13.5. The van der Waals surface area contributed by atoms with Crippen LogP contribution >= 0.6 is 0 Å². The minimum Gasteiger partial charge on any atom is -0.343 e. The zero-order valence-corrected chi connectivity index (χ0v) is 17.2. The molecule has 4 rings (SSSR count). The molecule has 0 aromatic heterocycles. The number of hydrogen-bond acceptors (Lipinski definition) is 2. The Kier molecular flexibility index (Phi) is 5.54. The highest BCUT2D eigenvalue weighted by molar-refractivity contribution is 5.97. The van der Waals surface area contributed by atoms with Crippen LogP contribution in [0.5, 0.6) is 0 Å². The molecule has 1 atom stereocenters. The molecule has 0 bridgehead atoms. The summed E-state index contributed by atoms with van der Waals surface area (Å²) >= 11 is 0. The van der Waals surface area contributed by atoms with Crippen molar-refractivity contribution in [1.29, 1.82) is 0 Å². The Morgan fingerprint density at radius 1 is 0.893 bits per heavy atom. The average molecular weight is 377 g/mol. The first-order valence-electron chi connectivity index (χ1n) is 10.8. The molecule has 0 radical (unpaired) electrons. The van der Waals surface area contributed by atoms with E-state index in [1.54, 1.807) is 0 Å². The standard InChI is InChI=1S/C25H32N2O/c1-19-11-10-12-20(2)22(19)24(28)26-23(21-13-4-3-5-14-21)25(15-6-7-16-25)27-17-8-9-18-27/h3-5,10-14,23H,6-9,15-18H2,1-2H3,(H,26,28). The molecule has 28 heavy (non-hydrogen) atoms. The summed E-state index contributed by atoms with van der Waals surface area (Å²) in [5.41, 5.74) is 4.20. The molecule has 1 aliphatic carbocycles. The van der Waals surface area contributed by atoms with Crippen molar-refractivity contribution >= 4 is 5.91 Å². The van der Waals surface area contributed by atoms with Gasteiger partial charge in [0.15, 0.2) is 0 Å². The third kappa shape index (κ3) is 3.48. The second-order valence-corrected chi connectivity index (χ2v) is 8.59. The molecule has 2 aromatic carbocycles. The van der Waals surface area contributed by atoms with Crippen molar-refractivity contribution < 1.29 is 4.79 Å². The number of nitrogens with zero attached hydrogens (tertiary/aromatic N) is 1. The first-order valence-corrected chi connectivity index (χ1v) is 10.8. The van der Waals surface area contributed by atoms with Crippen LogP contribution in [0.3, 0.4) is 0 Å². The highest BCUT2D eigenvalue weighted by atomic mass is 16.1. The Morgan fingerprint density at radius 3 is 2.11 bits per heavy atom. The van der Waals surface area contributed by atoms with Crippen molar-refractivity contribution in [2.75, 3.05) is 13.1 Å². The predicted molar refractivity (Wildman–Crippen MR) is 115 cm³/mol. The van der Waals surface area contributed by atoms with Crippen LogP contribution in [0, 0.1) is 13.8 Å². The van der Waals surface area contributed by atoms with Gasteiger partial charge in [-0.15, -0.1) is 0 Å². The quantitative estimate of drug-likeness (QED) is 0.779. The van der Waals surface area contributed by atoms with Gasteiger partial charge in [-0.25, -0.2) is 0 Å². The van der Waals surface area contributed by atoms with Crippen LogP contribution in [0.15, 0.2) is 48.5 Å². The molecule has 148 valence electrons. The van der Waals surface area contributed by atoms with Crippen molar-refractivity contribution in [3.05, 3.63) is 70.8 Å². The normalized spacial score (nSPS) is 20.2. The topological polar surface area (TPSA) is 32.3 Å². The molecule has 2 aliphatic rings.